The molecule has 110 valence electrons. The van der Waals surface area contributed by atoms with Crippen molar-refractivity contribution in [1.82, 2.24) is 20.2 Å². The molecule has 5 nitrogen and oxygen atoms in total. The average molecular weight is 276 g/mol. The molecular formula is C15H24N4O. The SMILES string of the molecule is CC(Cn1ccnc1)NC(=O)C1CC2CCCCC2N1. The fraction of sp³-hybridized carbons (Fsp3) is 0.733. The highest BCUT2D eigenvalue weighted by molar-refractivity contribution is 5.82. The molecular weight excluding hydrogens is 252 g/mol. The maximum atomic E-state index is 12.3. The van der Waals surface area contributed by atoms with Gasteiger partial charge in [0, 0.05) is 31.0 Å². The van der Waals surface area contributed by atoms with Crippen molar-refractivity contribution in [2.75, 3.05) is 0 Å². The summed E-state index contributed by atoms with van der Waals surface area (Å²) in [5, 5.41) is 6.65. The summed E-state index contributed by atoms with van der Waals surface area (Å²) in [6.07, 6.45) is 11.6. The first-order chi connectivity index (χ1) is 9.72. The largest absolute Gasteiger partial charge is 0.350 e. The minimum Gasteiger partial charge on any atom is -0.350 e. The molecule has 0 spiro atoms. The van der Waals surface area contributed by atoms with Gasteiger partial charge in [0.1, 0.15) is 0 Å². The third kappa shape index (κ3) is 3.03. The second-order valence-electron chi connectivity index (χ2n) is 6.28. The Morgan fingerprint density at radius 2 is 2.35 bits per heavy atom. The van der Waals surface area contributed by atoms with Gasteiger partial charge < -0.3 is 15.2 Å². The summed E-state index contributed by atoms with van der Waals surface area (Å²) < 4.78 is 1.99. The van der Waals surface area contributed by atoms with Crippen LogP contribution >= 0.6 is 0 Å². The van der Waals surface area contributed by atoms with Gasteiger partial charge >= 0.3 is 0 Å². The number of amides is 1. The average Bonchev–Trinajstić information content (AvgIpc) is 3.06. The third-order valence-electron chi connectivity index (χ3n) is 4.61. The lowest BCUT2D eigenvalue weighted by atomic mass is 9.85. The van der Waals surface area contributed by atoms with Crippen LogP contribution in [0.2, 0.25) is 0 Å². The van der Waals surface area contributed by atoms with Crippen LogP contribution in [0.25, 0.3) is 0 Å². The van der Waals surface area contributed by atoms with Gasteiger partial charge in [0.25, 0.3) is 0 Å². The van der Waals surface area contributed by atoms with Crippen molar-refractivity contribution >= 4 is 5.91 Å². The van der Waals surface area contributed by atoms with Crippen LogP contribution in [0.3, 0.4) is 0 Å². The van der Waals surface area contributed by atoms with Gasteiger partial charge in [-0.05, 0) is 32.1 Å². The summed E-state index contributed by atoms with van der Waals surface area (Å²) in [5.74, 6) is 0.871. The fourth-order valence-electron chi connectivity index (χ4n) is 3.62. The van der Waals surface area contributed by atoms with E-state index in [0.717, 1.165) is 13.0 Å². The quantitative estimate of drug-likeness (QED) is 0.871. The van der Waals surface area contributed by atoms with Gasteiger partial charge in [-0.1, -0.05) is 12.8 Å². The lowest BCUT2D eigenvalue weighted by Crippen LogP contribution is -2.47. The van der Waals surface area contributed by atoms with E-state index in [4.69, 9.17) is 0 Å². The van der Waals surface area contributed by atoms with E-state index in [1.165, 1.54) is 25.7 Å². The van der Waals surface area contributed by atoms with Crippen LogP contribution in [0.15, 0.2) is 18.7 Å². The number of carbonyl (C=O) groups excluding carboxylic acids is 1. The first kappa shape index (κ1) is 13.6. The Kier molecular flexibility index (Phi) is 4.05. The van der Waals surface area contributed by atoms with Crippen LogP contribution in [-0.2, 0) is 11.3 Å². The Labute approximate surface area is 120 Å². The Hall–Kier alpha value is -1.36. The smallest absolute Gasteiger partial charge is 0.237 e. The zero-order chi connectivity index (χ0) is 13.9. The van der Waals surface area contributed by atoms with E-state index in [1.54, 1.807) is 12.5 Å². The van der Waals surface area contributed by atoms with Crippen molar-refractivity contribution in [2.45, 2.75) is 63.7 Å². The van der Waals surface area contributed by atoms with Crippen molar-refractivity contribution in [1.29, 1.82) is 0 Å². The molecule has 1 amide bonds. The molecule has 1 aliphatic heterocycles. The van der Waals surface area contributed by atoms with Crippen LogP contribution in [0.5, 0.6) is 0 Å². The van der Waals surface area contributed by atoms with E-state index in [2.05, 4.69) is 15.6 Å². The lowest BCUT2D eigenvalue weighted by molar-refractivity contribution is -0.123. The van der Waals surface area contributed by atoms with Gasteiger partial charge in [-0.25, -0.2) is 4.98 Å². The number of hydrogen-bond acceptors (Lipinski definition) is 3. The zero-order valence-corrected chi connectivity index (χ0v) is 12.1. The number of hydrogen-bond donors (Lipinski definition) is 2. The summed E-state index contributed by atoms with van der Waals surface area (Å²) >= 11 is 0. The second kappa shape index (κ2) is 5.95. The first-order valence-electron chi connectivity index (χ1n) is 7.74. The lowest BCUT2D eigenvalue weighted by Gasteiger charge is -2.24. The predicted octanol–water partition coefficient (Wildman–Crippen LogP) is 1.31. The van der Waals surface area contributed by atoms with Gasteiger partial charge in [-0.15, -0.1) is 0 Å². The van der Waals surface area contributed by atoms with Crippen LogP contribution in [0, 0.1) is 5.92 Å². The van der Waals surface area contributed by atoms with Crippen molar-refractivity contribution in [2.24, 2.45) is 5.92 Å². The first-order valence-corrected chi connectivity index (χ1v) is 7.74. The molecule has 2 N–H and O–H groups in total. The Morgan fingerprint density at radius 1 is 1.50 bits per heavy atom. The van der Waals surface area contributed by atoms with E-state index < -0.39 is 0 Å². The molecule has 20 heavy (non-hydrogen) atoms. The highest BCUT2D eigenvalue weighted by atomic mass is 16.2. The molecule has 0 bridgehead atoms. The monoisotopic (exact) mass is 276 g/mol. The molecule has 2 heterocycles. The van der Waals surface area contributed by atoms with Gasteiger partial charge in [0.2, 0.25) is 5.91 Å². The van der Waals surface area contributed by atoms with Crippen molar-refractivity contribution in [3.05, 3.63) is 18.7 Å². The highest BCUT2D eigenvalue weighted by Crippen LogP contribution is 2.33. The molecule has 3 rings (SSSR count). The molecule has 1 aromatic heterocycles. The van der Waals surface area contributed by atoms with E-state index in [1.807, 2.05) is 17.7 Å². The number of fused-ring (bicyclic) bond motifs is 1. The number of carbonyl (C=O) groups is 1. The number of nitrogens with zero attached hydrogens (tertiary/aromatic N) is 2. The number of nitrogens with one attached hydrogen (secondary N) is 2. The van der Waals surface area contributed by atoms with Crippen LogP contribution in [0.4, 0.5) is 0 Å². The Bertz CT molecular complexity index is 431. The standard InChI is InChI=1S/C15H24N4O/c1-11(9-19-7-6-16-10-19)17-15(20)14-8-12-4-2-3-5-13(12)18-14/h6-7,10-14,18H,2-5,8-9H2,1H3,(H,17,20). The summed E-state index contributed by atoms with van der Waals surface area (Å²) in [4.78, 5) is 16.3. The number of rotatable bonds is 4. The van der Waals surface area contributed by atoms with E-state index in [-0.39, 0.29) is 18.0 Å². The molecule has 1 aliphatic carbocycles. The molecule has 4 atom stereocenters. The minimum atomic E-state index is 0.00772. The Balaban J connectivity index is 1.49. The Morgan fingerprint density at radius 3 is 3.10 bits per heavy atom. The topological polar surface area (TPSA) is 59.0 Å². The molecule has 1 saturated heterocycles. The fourth-order valence-corrected chi connectivity index (χ4v) is 3.62. The maximum Gasteiger partial charge on any atom is 0.237 e. The molecule has 2 fully saturated rings. The normalized spacial score (nSPS) is 30.8. The van der Waals surface area contributed by atoms with E-state index in [9.17, 15) is 4.79 Å². The number of imidazole rings is 1. The van der Waals surface area contributed by atoms with Crippen molar-refractivity contribution in [3.63, 3.8) is 0 Å². The van der Waals surface area contributed by atoms with E-state index >= 15 is 0 Å². The summed E-state index contributed by atoms with van der Waals surface area (Å²) in [5.41, 5.74) is 0. The zero-order valence-electron chi connectivity index (χ0n) is 12.1. The molecule has 4 unspecified atom stereocenters. The number of aromatic nitrogens is 2. The van der Waals surface area contributed by atoms with E-state index in [0.29, 0.717) is 12.0 Å². The van der Waals surface area contributed by atoms with Crippen LogP contribution in [-0.4, -0.2) is 33.6 Å². The summed E-state index contributed by atoms with van der Waals surface area (Å²) in [6, 6.07) is 0.706. The summed E-state index contributed by atoms with van der Waals surface area (Å²) in [7, 11) is 0. The third-order valence-corrected chi connectivity index (χ3v) is 4.61. The maximum absolute atomic E-state index is 12.3. The second-order valence-corrected chi connectivity index (χ2v) is 6.28. The van der Waals surface area contributed by atoms with Crippen LogP contribution in [0.1, 0.15) is 39.0 Å². The molecule has 0 aromatic carbocycles. The minimum absolute atomic E-state index is 0.00772. The molecule has 0 radical (unpaired) electrons. The van der Waals surface area contributed by atoms with Gasteiger partial charge in [-0.2, -0.15) is 0 Å². The molecule has 2 aliphatic rings. The van der Waals surface area contributed by atoms with Gasteiger partial charge in [-0.3, -0.25) is 4.79 Å². The summed E-state index contributed by atoms with van der Waals surface area (Å²) in [6.45, 7) is 2.81. The highest BCUT2D eigenvalue weighted by Gasteiger charge is 2.38. The van der Waals surface area contributed by atoms with Gasteiger partial charge in [0.15, 0.2) is 0 Å². The molecule has 5 heteroatoms. The predicted molar refractivity (Wildman–Crippen MR) is 77.1 cm³/mol. The van der Waals surface area contributed by atoms with Crippen molar-refractivity contribution < 1.29 is 4.79 Å². The molecule has 1 aromatic rings. The molecule has 1 saturated carbocycles. The van der Waals surface area contributed by atoms with Crippen molar-refractivity contribution in [3.8, 4) is 0 Å². The van der Waals surface area contributed by atoms with Crippen LogP contribution < -0.4 is 10.6 Å². The van der Waals surface area contributed by atoms with Gasteiger partial charge in [0.05, 0.1) is 12.4 Å².